The predicted octanol–water partition coefficient (Wildman–Crippen LogP) is 3.40. The van der Waals surface area contributed by atoms with E-state index in [2.05, 4.69) is 17.1 Å². The van der Waals surface area contributed by atoms with Crippen LogP contribution in [0.2, 0.25) is 0 Å². The van der Waals surface area contributed by atoms with Crippen LogP contribution in [0.1, 0.15) is 17.3 Å². The molecule has 0 unspecified atom stereocenters. The minimum atomic E-state index is -0.176. The van der Waals surface area contributed by atoms with Gasteiger partial charge in [-0.2, -0.15) is 0 Å². The maximum absolute atomic E-state index is 12.4. The fourth-order valence-electron chi connectivity index (χ4n) is 2.10. The molecule has 0 radical (unpaired) electrons. The lowest BCUT2D eigenvalue weighted by Crippen LogP contribution is -2.20. The topological polar surface area (TPSA) is 41.6 Å². The van der Waals surface area contributed by atoms with Crippen LogP contribution in [0.15, 0.2) is 48.5 Å². The summed E-state index contributed by atoms with van der Waals surface area (Å²) in [6, 6.07) is 14.9. The summed E-state index contributed by atoms with van der Waals surface area (Å²) in [5, 5.41) is 2.96. The molecule has 0 atom stereocenters. The standard InChI is InChI=1S/C17H20N2O2/c1-4-19(2)15-11-7-6-10-14(15)18-17(20)13-9-5-8-12-16(13)21-3/h5-12H,4H2,1-3H3,(H,18,20). The summed E-state index contributed by atoms with van der Waals surface area (Å²) in [7, 11) is 3.55. The number of amides is 1. The fraction of sp³-hybridized carbons (Fsp3) is 0.235. The van der Waals surface area contributed by atoms with E-state index in [0.717, 1.165) is 17.9 Å². The first kappa shape index (κ1) is 14.9. The minimum Gasteiger partial charge on any atom is -0.496 e. The number of para-hydroxylation sites is 3. The second-order valence-corrected chi connectivity index (χ2v) is 4.69. The van der Waals surface area contributed by atoms with Crippen molar-refractivity contribution >= 4 is 17.3 Å². The number of rotatable bonds is 5. The van der Waals surface area contributed by atoms with Gasteiger partial charge in [-0.05, 0) is 31.2 Å². The lowest BCUT2D eigenvalue weighted by molar-refractivity contribution is 0.102. The zero-order valence-corrected chi connectivity index (χ0v) is 12.6. The zero-order valence-electron chi connectivity index (χ0n) is 12.6. The van der Waals surface area contributed by atoms with Gasteiger partial charge in [-0.3, -0.25) is 4.79 Å². The minimum absolute atomic E-state index is 0.176. The number of benzene rings is 2. The average Bonchev–Trinajstić information content (AvgIpc) is 2.54. The van der Waals surface area contributed by atoms with Crippen LogP contribution in [0.4, 0.5) is 11.4 Å². The van der Waals surface area contributed by atoms with Gasteiger partial charge < -0.3 is 15.0 Å². The van der Waals surface area contributed by atoms with Gasteiger partial charge in [0.1, 0.15) is 5.75 Å². The number of anilines is 2. The molecule has 4 nitrogen and oxygen atoms in total. The van der Waals surface area contributed by atoms with Gasteiger partial charge in [0.2, 0.25) is 0 Å². The molecule has 21 heavy (non-hydrogen) atoms. The predicted molar refractivity (Wildman–Crippen MR) is 86.3 cm³/mol. The Labute approximate surface area is 125 Å². The van der Waals surface area contributed by atoms with Crippen LogP contribution in [-0.4, -0.2) is 26.6 Å². The van der Waals surface area contributed by atoms with Crippen molar-refractivity contribution in [2.75, 3.05) is 30.9 Å². The number of carbonyl (C=O) groups is 1. The van der Waals surface area contributed by atoms with Crippen molar-refractivity contribution < 1.29 is 9.53 Å². The van der Waals surface area contributed by atoms with Crippen LogP contribution in [0.25, 0.3) is 0 Å². The molecule has 2 rings (SSSR count). The highest BCUT2D eigenvalue weighted by Crippen LogP contribution is 2.26. The van der Waals surface area contributed by atoms with Gasteiger partial charge in [0.05, 0.1) is 24.0 Å². The third-order valence-electron chi connectivity index (χ3n) is 3.39. The number of nitrogens with one attached hydrogen (secondary N) is 1. The van der Waals surface area contributed by atoms with Crippen LogP contribution in [0, 0.1) is 0 Å². The van der Waals surface area contributed by atoms with E-state index in [-0.39, 0.29) is 5.91 Å². The van der Waals surface area contributed by atoms with Crippen molar-refractivity contribution in [3.8, 4) is 5.75 Å². The molecular formula is C17H20N2O2. The molecule has 1 N–H and O–H groups in total. The Morgan fingerprint density at radius 1 is 1.14 bits per heavy atom. The van der Waals surface area contributed by atoms with E-state index in [9.17, 15) is 4.79 Å². The molecule has 0 aliphatic heterocycles. The number of ether oxygens (including phenoxy) is 1. The normalized spacial score (nSPS) is 10.0. The Balaban J connectivity index is 2.28. The van der Waals surface area contributed by atoms with Crippen molar-refractivity contribution in [2.24, 2.45) is 0 Å². The Hall–Kier alpha value is -2.49. The molecule has 0 heterocycles. The summed E-state index contributed by atoms with van der Waals surface area (Å²) in [5.41, 5.74) is 2.30. The highest BCUT2D eigenvalue weighted by Gasteiger charge is 2.14. The molecule has 0 aromatic heterocycles. The third-order valence-corrected chi connectivity index (χ3v) is 3.39. The summed E-state index contributed by atoms with van der Waals surface area (Å²) in [6.07, 6.45) is 0. The molecule has 0 aliphatic carbocycles. The molecule has 2 aromatic carbocycles. The van der Waals surface area contributed by atoms with Crippen molar-refractivity contribution in [2.45, 2.75) is 6.92 Å². The lowest BCUT2D eigenvalue weighted by atomic mass is 10.1. The van der Waals surface area contributed by atoms with Gasteiger partial charge in [0, 0.05) is 13.6 Å². The molecule has 0 aliphatic rings. The van der Waals surface area contributed by atoms with Crippen LogP contribution in [0.3, 0.4) is 0 Å². The molecule has 0 saturated carbocycles. The highest BCUT2D eigenvalue weighted by molar-refractivity contribution is 6.07. The van der Waals surface area contributed by atoms with Gasteiger partial charge in [0.25, 0.3) is 5.91 Å². The van der Waals surface area contributed by atoms with Crippen molar-refractivity contribution in [3.05, 3.63) is 54.1 Å². The monoisotopic (exact) mass is 284 g/mol. The zero-order chi connectivity index (χ0) is 15.2. The number of hydrogen-bond donors (Lipinski definition) is 1. The van der Waals surface area contributed by atoms with Gasteiger partial charge in [-0.1, -0.05) is 24.3 Å². The molecule has 1 amide bonds. The summed E-state index contributed by atoms with van der Waals surface area (Å²) < 4.78 is 5.23. The van der Waals surface area contributed by atoms with Crippen LogP contribution in [-0.2, 0) is 0 Å². The highest BCUT2D eigenvalue weighted by atomic mass is 16.5. The molecule has 0 fully saturated rings. The maximum atomic E-state index is 12.4. The van der Waals surface area contributed by atoms with E-state index in [1.807, 2.05) is 43.4 Å². The van der Waals surface area contributed by atoms with Crippen molar-refractivity contribution in [1.82, 2.24) is 0 Å². The molecule has 0 saturated heterocycles. The van der Waals surface area contributed by atoms with E-state index in [4.69, 9.17) is 4.74 Å². The van der Waals surface area contributed by atoms with Crippen molar-refractivity contribution in [3.63, 3.8) is 0 Å². The maximum Gasteiger partial charge on any atom is 0.259 e. The Morgan fingerprint density at radius 2 is 1.81 bits per heavy atom. The number of nitrogens with zero attached hydrogens (tertiary/aromatic N) is 1. The molecule has 2 aromatic rings. The van der Waals surface area contributed by atoms with Gasteiger partial charge >= 0.3 is 0 Å². The smallest absolute Gasteiger partial charge is 0.259 e. The second kappa shape index (κ2) is 6.79. The summed E-state index contributed by atoms with van der Waals surface area (Å²) >= 11 is 0. The first-order valence-corrected chi connectivity index (χ1v) is 6.92. The Morgan fingerprint density at radius 3 is 2.52 bits per heavy atom. The molecule has 0 bridgehead atoms. The Bertz CT molecular complexity index is 626. The van der Waals surface area contributed by atoms with Crippen LogP contribution in [0.5, 0.6) is 5.75 Å². The fourth-order valence-corrected chi connectivity index (χ4v) is 2.10. The average molecular weight is 284 g/mol. The largest absolute Gasteiger partial charge is 0.496 e. The van der Waals surface area contributed by atoms with Crippen LogP contribution < -0.4 is 15.0 Å². The second-order valence-electron chi connectivity index (χ2n) is 4.69. The van der Waals surface area contributed by atoms with E-state index in [1.54, 1.807) is 19.2 Å². The van der Waals surface area contributed by atoms with E-state index >= 15 is 0 Å². The van der Waals surface area contributed by atoms with Crippen molar-refractivity contribution in [1.29, 1.82) is 0 Å². The lowest BCUT2D eigenvalue weighted by Gasteiger charge is -2.21. The summed E-state index contributed by atoms with van der Waals surface area (Å²) in [6.45, 7) is 2.93. The van der Waals surface area contributed by atoms with Crippen LogP contribution >= 0.6 is 0 Å². The van der Waals surface area contributed by atoms with Gasteiger partial charge in [-0.15, -0.1) is 0 Å². The molecule has 110 valence electrons. The van der Waals surface area contributed by atoms with E-state index in [1.165, 1.54) is 0 Å². The third kappa shape index (κ3) is 3.34. The summed E-state index contributed by atoms with van der Waals surface area (Å²) in [5.74, 6) is 0.390. The van der Waals surface area contributed by atoms with E-state index in [0.29, 0.717) is 11.3 Å². The molecule has 0 spiro atoms. The van der Waals surface area contributed by atoms with E-state index < -0.39 is 0 Å². The molecular weight excluding hydrogens is 264 g/mol. The van der Waals surface area contributed by atoms with Gasteiger partial charge in [0.15, 0.2) is 0 Å². The Kier molecular flexibility index (Phi) is 4.82. The molecule has 4 heteroatoms. The quantitative estimate of drug-likeness (QED) is 0.915. The first-order chi connectivity index (χ1) is 10.2. The number of carbonyl (C=O) groups excluding carboxylic acids is 1. The summed E-state index contributed by atoms with van der Waals surface area (Å²) in [4.78, 5) is 14.5. The SMILES string of the molecule is CCN(C)c1ccccc1NC(=O)c1ccccc1OC. The van der Waals surface area contributed by atoms with Gasteiger partial charge in [-0.25, -0.2) is 0 Å². The number of methoxy groups -OCH3 is 1. The number of hydrogen-bond acceptors (Lipinski definition) is 3. The first-order valence-electron chi connectivity index (χ1n) is 6.92.